The van der Waals surface area contributed by atoms with Gasteiger partial charge < -0.3 is 24.0 Å². The Kier molecular flexibility index (Phi) is 17.2. The number of hydrogen-bond acceptors (Lipinski definition) is 0. The first kappa shape index (κ1) is 24.9. The van der Waals surface area contributed by atoms with Crippen molar-refractivity contribution in [2.24, 2.45) is 0 Å². The molecule has 1 aromatic rings. The van der Waals surface area contributed by atoms with Crippen molar-refractivity contribution in [3.63, 3.8) is 0 Å². The SMILES string of the molecule is CCCCCCCCCCCCCCCC[n+]1ccc(C)cc1C.[I-]. The Morgan fingerprint density at radius 2 is 1.12 bits per heavy atom. The maximum atomic E-state index is 2.40. The summed E-state index contributed by atoms with van der Waals surface area (Å²) in [5, 5.41) is 0. The van der Waals surface area contributed by atoms with Crippen LogP contribution in [0.15, 0.2) is 18.3 Å². The van der Waals surface area contributed by atoms with Crippen molar-refractivity contribution in [3.8, 4) is 0 Å². The van der Waals surface area contributed by atoms with E-state index in [1.165, 1.54) is 108 Å². The standard InChI is InChI=1S/C23H42N.HI/c1-4-5-6-7-8-9-10-11-12-13-14-15-16-17-19-24-20-18-22(2)21-23(24)3;/h18,20-21H,4-17,19H2,1-3H3;1H/q+1;/p-1. The average molecular weight is 460 g/mol. The number of halogens is 1. The minimum atomic E-state index is 0. The summed E-state index contributed by atoms with van der Waals surface area (Å²) in [6.07, 6.45) is 22.3. The Morgan fingerprint density at radius 1 is 0.680 bits per heavy atom. The van der Waals surface area contributed by atoms with Crippen molar-refractivity contribution in [2.75, 3.05) is 0 Å². The monoisotopic (exact) mass is 459 g/mol. The molecule has 0 amide bonds. The third-order valence-electron chi connectivity index (χ3n) is 5.16. The molecule has 0 aliphatic carbocycles. The van der Waals surface area contributed by atoms with Gasteiger partial charge in [-0.15, -0.1) is 0 Å². The van der Waals surface area contributed by atoms with E-state index in [1.54, 1.807) is 0 Å². The highest BCUT2D eigenvalue weighted by molar-refractivity contribution is 5.08. The molecule has 1 nitrogen and oxygen atoms in total. The van der Waals surface area contributed by atoms with Crippen molar-refractivity contribution in [1.82, 2.24) is 0 Å². The van der Waals surface area contributed by atoms with Gasteiger partial charge in [-0.25, -0.2) is 4.57 Å². The molecule has 146 valence electrons. The van der Waals surface area contributed by atoms with Crippen molar-refractivity contribution in [1.29, 1.82) is 0 Å². The molecule has 0 fully saturated rings. The van der Waals surface area contributed by atoms with Crippen LogP contribution in [0.3, 0.4) is 0 Å². The molecule has 0 aromatic carbocycles. The number of pyridine rings is 1. The molecule has 0 atom stereocenters. The molecule has 1 aromatic heterocycles. The minimum absolute atomic E-state index is 0. The van der Waals surface area contributed by atoms with E-state index in [2.05, 4.69) is 43.7 Å². The summed E-state index contributed by atoms with van der Waals surface area (Å²) in [4.78, 5) is 0. The second-order valence-corrected chi connectivity index (χ2v) is 7.64. The van der Waals surface area contributed by atoms with Crippen molar-refractivity contribution >= 4 is 0 Å². The van der Waals surface area contributed by atoms with Crippen molar-refractivity contribution < 1.29 is 28.5 Å². The van der Waals surface area contributed by atoms with Crippen LogP contribution in [0, 0.1) is 13.8 Å². The van der Waals surface area contributed by atoms with E-state index in [0.29, 0.717) is 0 Å². The Balaban J connectivity index is 0.00000576. The van der Waals surface area contributed by atoms with E-state index < -0.39 is 0 Å². The van der Waals surface area contributed by atoms with Crippen molar-refractivity contribution in [3.05, 3.63) is 29.6 Å². The molecule has 1 rings (SSSR count). The molecule has 0 unspecified atom stereocenters. The molecule has 0 N–H and O–H groups in total. The van der Waals surface area contributed by atoms with E-state index in [-0.39, 0.29) is 24.0 Å². The lowest BCUT2D eigenvalue weighted by molar-refractivity contribution is -0.703. The Hall–Kier alpha value is -0.120. The summed E-state index contributed by atoms with van der Waals surface area (Å²) in [7, 11) is 0. The van der Waals surface area contributed by atoms with E-state index in [1.807, 2.05) is 0 Å². The van der Waals surface area contributed by atoms with Crippen LogP contribution in [-0.2, 0) is 6.54 Å². The van der Waals surface area contributed by atoms with Crippen LogP contribution in [0.2, 0.25) is 0 Å². The van der Waals surface area contributed by atoms with Crippen LogP contribution in [0.1, 0.15) is 108 Å². The summed E-state index contributed by atoms with van der Waals surface area (Å²) in [5.74, 6) is 0. The molecule has 2 heteroatoms. The van der Waals surface area contributed by atoms with Gasteiger partial charge in [0, 0.05) is 25.5 Å². The maximum absolute atomic E-state index is 2.40. The highest BCUT2D eigenvalue weighted by atomic mass is 127. The molecule has 1 heterocycles. The molecule has 0 radical (unpaired) electrons. The minimum Gasteiger partial charge on any atom is -1.00 e. The maximum Gasteiger partial charge on any atom is 0.178 e. The van der Waals surface area contributed by atoms with Gasteiger partial charge in [-0.2, -0.15) is 0 Å². The third-order valence-corrected chi connectivity index (χ3v) is 5.16. The summed E-state index contributed by atoms with van der Waals surface area (Å²) in [6.45, 7) is 7.87. The Morgan fingerprint density at radius 3 is 1.56 bits per heavy atom. The lowest BCUT2D eigenvalue weighted by Crippen LogP contribution is -3.00. The van der Waals surface area contributed by atoms with Crippen LogP contribution < -0.4 is 28.5 Å². The fourth-order valence-electron chi connectivity index (χ4n) is 3.51. The zero-order valence-electron chi connectivity index (χ0n) is 17.2. The first-order valence-corrected chi connectivity index (χ1v) is 10.7. The quantitative estimate of drug-likeness (QED) is 0.212. The summed E-state index contributed by atoms with van der Waals surface area (Å²) >= 11 is 0. The molecule has 0 spiro atoms. The fourth-order valence-corrected chi connectivity index (χ4v) is 3.51. The number of hydrogen-bond donors (Lipinski definition) is 0. The largest absolute Gasteiger partial charge is 1.00 e. The van der Waals surface area contributed by atoms with Gasteiger partial charge in [-0.1, -0.05) is 84.0 Å². The highest BCUT2D eigenvalue weighted by Gasteiger charge is 2.05. The van der Waals surface area contributed by atoms with E-state index in [9.17, 15) is 0 Å². The second-order valence-electron chi connectivity index (χ2n) is 7.64. The lowest BCUT2D eigenvalue weighted by Gasteiger charge is -2.03. The van der Waals surface area contributed by atoms with Gasteiger partial charge in [0.05, 0.1) is 0 Å². The summed E-state index contributed by atoms with van der Waals surface area (Å²) in [6, 6.07) is 4.50. The zero-order valence-corrected chi connectivity index (χ0v) is 19.3. The van der Waals surface area contributed by atoms with Gasteiger partial charge in [0.25, 0.3) is 0 Å². The average Bonchev–Trinajstić information content (AvgIpc) is 2.57. The second kappa shape index (κ2) is 17.3. The normalized spacial score (nSPS) is 10.7. The van der Waals surface area contributed by atoms with Gasteiger partial charge in [-0.3, -0.25) is 0 Å². The number of unbranched alkanes of at least 4 members (excludes halogenated alkanes) is 13. The van der Waals surface area contributed by atoms with Crippen LogP contribution in [-0.4, -0.2) is 0 Å². The van der Waals surface area contributed by atoms with Gasteiger partial charge in [0.2, 0.25) is 0 Å². The zero-order chi connectivity index (χ0) is 17.5. The molecular weight excluding hydrogens is 417 g/mol. The Labute approximate surface area is 175 Å². The van der Waals surface area contributed by atoms with Crippen LogP contribution >= 0.6 is 0 Å². The summed E-state index contributed by atoms with van der Waals surface area (Å²) < 4.78 is 2.40. The first-order valence-electron chi connectivity index (χ1n) is 10.7. The Bertz CT molecular complexity index is 417. The van der Waals surface area contributed by atoms with Crippen LogP contribution in [0.4, 0.5) is 0 Å². The third kappa shape index (κ3) is 13.7. The molecule has 0 saturated heterocycles. The van der Waals surface area contributed by atoms with Gasteiger partial charge >= 0.3 is 0 Å². The van der Waals surface area contributed by atoms with Gasteiger partial charge in [0.1, 0.15) is 6.54 Å². The van der Waals surface area contributed by atoms with E-state index in [4.69, 9.17) is 0 Å². The number of aryl methyl sites for hydroxylation is 3. The van der Waals surface area contributed by atoms with E-state index in [0.717, 1.165) is 0 Å². The van der Waals surface area contributed by atoms with Gasteiger partial charge in [0.15, 0.2) is 11.9 Å². The first-order chi connectivity index (χ1) is 11.7. The molecular formula is C23H42IN. The molecule has 0 aliphatic rings. The van der Waals surface area contributed by atoms with Gasteiger partial charge in [-0.05, 0) is 18.9 Å². The topological polar surface area (TPSA) is 3.88 Å². The highest BCUT2D eigenvalue weighted by Crippen LogP contribution is 2.13. The number of rotatable bonds is 15. The predicted octanol–water partition coefficient (Wildman–Crippen LogP) is 4.08. The number of nitrogens with zero attached hydrogens (tertiary/aromatic N) is 1. The smallest absolute Gasteiger partial charge is 0.178 e. The molecule has 25 heavy (non-hydrogen) atoms. The molecule has 0 saturated carbocycles. The van der Waals surface area contributed by atoms with Crippen LogP contribution in [0.5, 0.6) is 0 Å². The molecule has 0 bridgehead atoms. The molecule has 0 aliphatic heterocycles. The van der Waals surface area contributed by atoms with Crippen LogP contribution in [0.25, 0.3) is 0 Å². The lowest BCUT2D eigenvalue weighted by atomic mass is 10.0. The van der Waals surface area contributed by atoms with Crippen molar-refractivity contribution in [2.45, 2.75) is 117 Å². The fraction of sp³-hybridized carbons (Fsp3) is 0.783. The van der Waals surface area contributed by atoms with E-state index >= 15 is 0 Å². The predicted molar refractivity (Wildman–Crippen MR) is 106 cm³/mol. The number of aromatic nitrogens is 1. The summed E-state index contributed by atoms with van der Waals surface area (Å²) in [5.41, 5.74) is 2.76.